The lowest BCUT2D eigenvalue weighted by Gasteiger charge is -2.32. The van der Waals surface area contributed by atoms with Crippen LogP contribution in [0.2, 0.25) is 0 Å². The van der Waals surface area contributed by atoms with Gasteiger partial charge in [-0.3, -0.25) is 14.7 Å². The minimum atomic E-state index is -0.0713. The molecule has 2 aromatic heterocycles. The molecule has 32 heavy (non-hydrogen) atoms. The van der Waals surface area contributed by atoms with E-state index in [4.69, 9.17) is 0 Å². The van der Waals surface area contributed by atoms with Gasteiger partial charge in [0.05, 0.1) is 20.7 Å². The van der Waals surface area contributed by atoms with E-state index in [1.807, 2.05) is 55.1 Å². The van der Waals surface area contributed by atoms with Crippen LogP contribution in [0.25, 0.3) is 21.1 Å². The number of aryl methyl sites for hydroxylation is 2. The number of H-pyrrole nitrogens is 1. The molecule has 4 aromatic rings. The minimum absolute atomic E-state index is 0.0225. The minimum Gasteiger partial charge on any atom is -0.337 e. The van der Waals surface area contributed by atoms with Crippen LogP contribution in [0.1, 0.15) is 40.3 Å². The number of rotatable bonds is 4. The van der Waals surface area contributed by atoms with Gasteiger partial charge in [0, 0.05) is 30.6 Å². The Balaban J connectivity index is 1.24. The third-order valence-electron chi connectivity index (χ3n) is 5.98. The molecule has 0 bridgehead atoms. The van der Waals surface area contributed by atoms with Gasteiger partial charge in [-0.15, -0.1) is 11.3 Å². The Morgan fingerprint density at radius 2 is 2.09 bits per heavy atom. The van der Waals surface area contributed by atoms with Gasteiger partial charge in [-0.1, -0.05) is 11.6 Å². The van der Waals surface area contributed by atoms with Crippen molar-refractivity contribution in [2.24, 2.45) is 5.92 Å². The highest BCUT2D eigenvalue weighted by Crippen LogP contribution is 2.27. The summed E-state index contributed by atoms with van der Waals surface area (Å²) >= 11 is 1.62. The number of aromatic amines is 1. The molecule has 0 saturated carbocycles. The van der Waals surface area contributed by atoms with Crippen LogP contribution in [0, 0.1) is 19.8 Å². The second kappa shape index (κ2) is 8.35. The molecule has 7 nitrogen and oxygen atoms in total. The number of amides is 2. The standard InChI is InChI=1S/C24H25N5O2S/c1-14-5-7-19-18(10-14)23(28-27-19)24(31)29-9-3-4-16(13-29)11-22(30)26-17-6-8-20-21(12-17)32-15(2)25-20/h5-8,10,12,16H,3-4,9,11,13H2,1-2H3,(H,26,30)(H,27,28)/t16-/m1/s1. The second-order valence-electron chi connectivity index (χ2n) is 8.55. The van der Waals surface area contributed by atoms with Crippen molar-refractivity contribution < 1.29 is 9.59 Å². The molecular weight excluding hydrogens is 422 g/mol. The number of nitrogens with zero attached hydrogens (tertiary/aromatic N) is 3. The van der Waals surface area contributed by atoms with Crippen molar-refractivity contribution >= 4 is 50.0 Å². The third kappa shape index (κ3) is 4.10. The number of carbonyl (C=O) groups excluding carboxylic acids is 2. The molecule has 0 radical (unpaired) electrons. The van der Waals surface area contributed by atoms with Crippen molar-refractivity contribution in [1.82, 2.24) is 20.1 Å². The van der Waals surface area contributed by atoms with Crippen LogP contribution in [0.5, 0.6) is 0 Å². The Bertz CT molecular complexity index is 1320. The molecule has 0 aliphatic carbocycles. The summed E-state index contributed by atoms with van der Waals surface area (Å²) in [6.07, 6.45) is 2.21. The quantitative estimate of drug-likeness (QED) is 0.476. The Labute approximate surface area is 189 Å². The molecule has 0 spiro atoms. The van der Waals surface area contributed by atoms with E-state index in [1.54, 1.807) is 11.3 Å². The van der Waals surface area contributed by atoms with Crippen LogP contribution in [0.15, 0.2) is 36.4 Å². The monoisotopic (exact) mass is 447 g/mol. The topological polar surface area (TPSA) is 91.0 Å². The number of thiazole rings is 1. The van der Waals surface area contributed by atoms with Crippen LogP contribution >= 0.6 is 11.3 Å². The number of benzene rings is 2. The maximum Gasteiger partial charge on any atom is 0.275 e. The fourth-order valence-electron chi connectivity index (χ4n) is 4.45. The average molecular weight is 448 g/mol. The number of anilines is 1. The highest BCUT2D eigenvalue weighted by molar-refractivity contribution is 7.18. The summed E-state index contributed by atoms with van der Waals surface area (Å²) in [5.41, 5.74) is 4.15. The van der Waals surface area contributed by atoms with Crippen molar-refractivity contribution in [2.75, 3.05) is 18.4 Å². The molecule has 8 heteroatoms. The number of nitrogens with one attached hydrogen (secondary N) is 2. The van der Waals surface area contributed by atoms with E-state index in [0.29, 0.717) is 25.2 Å². The summed E-state index contributed by atoms with van der Waals surface area (Å²) in [4.78, 5) is 32.2. The summed E-state index contributed by atoms with van der Waals surface area (Å²) in [5.74, 6) is 0.0396. The zero-order chi connectivity index (χ0) is 22.2. The highest BCUT2D eigenvalue weighted by atomic mass is 32.1. The molecule has 5 rings (SSSR count). The van der Waals surface area contributed by atoms with E-state index in [1.165, 1.54) is 0 Å². The summed E-state index contributed by atoms with van der Waals surface area (Å²) in [7, 11) is 0. The largest absolute Gasteiger partial charge is 0.337 e. The van der Waals surface area contributed by atoms with Gasteiger partial charge >= 0.3 is 0 Å². The van der Waals surface area contributed by atoms with E-state index in [-0.39, 0.29) is 17.7 Å². The SMILES string of the molecule is Cc1ccc2[nH]nc(C(=O)N3CCC[C@H](CC(=O)Nc4ccc5nc(C)sc5c4)C3)c2c1. The first kappa shape index (κ1) is 20.6. The van der Waals surface area contributed by atoms with Crippen LogP contribution in [0.3, 0.4) is 0 Å². The lowest BCUT2D eigenvalue weighted by atomic mass is 9.94. The number of piperidine rings is 1. The zero-order valence-corrected chi connectivity index (χ0v) is 19.0. The molecule has 1 saturated heterocycles. The van der Waals surface area contributed by atoms with E-state index < -0.39 is 0 Å². The van der Waals surface area contributed by atoms with E-state index in [9.17, 15) is 9.59 Å². The highest BCUT2D eigenvalue weighted by Gasteiger charge is 2.28. The lowest BCUT2D eigenvalue weighted by molar-refractivity contribution is -0.117. The number of aromatic nitrogens is 3. The number of likely N-dealkylation sites (tertiary alicyclic amines) is 1. The molecular formula is C24H25N5O2S. The van der Waals surface area contributed by atoms with Gasteiger partial charge in [0.15, 0.2) is 5.69 Å². The van der Waals surface area contributed by atoms with E-state index in [0.717, 1.165) is 50.2 Å². The van der Waals surface area contributed by atoms with Gasteiger partial charge in [0.1, 0.15) is 0 Å². The van der Waals surface area contributed by atoms with Gasteiger partial charge in [-0.05, 0) is 62.9 Å². The summed E-state index contributed by atoms with van der Waals surface area (Å²) in [6, 6.07) is 11.7. The second-order valence-corrected chi connectivity index (χ2v) is 9.78. The normalized spacial score (nSPS) is 16.6. The van der Waals surface area contributed by atoms with Gasteiger partial charge in [-0.2, -0.15) is 5.10 Å². The molecule has 164 valence electrons. The molecule has 1 fully saturated rings. The number of hydrogen-bond acceptors (Lipinski definition) is 5. The Hall–Kier alpha value is -3.26. The Kier molecular flexibility index (Phi) is 5.38. The molecule has 1 aliphatic heterocycles. The maximum absolute atomic E-state index is 13.2. The molecule has 2 aromatic carbocycles. The van der Waals surface area contributed by atoms with Crippen molar-refractivity contribution in [3.63, 3.8) is 0 Å². The predicted molar refractivity (Wildman–Crippen MR) is 127 cm³/mol. The first-order valence-corrected chi connectivity index (χ1v) is 11.7. The van der Waals surface area contributed by atoms with Gasteiger partial charge < -0.3 is 10.2 Å². The Morgan fingerprint density at radius 1 is 1.22 bits per heavy atom. The fourth-order valence-corrected chi connectivity index (χ4v) is 5.31. The van der Waals surface area contributed by atoms with E-state index >= 15 is 0 Å². The van der Waals surface area contributed by atoms with Gasteiger partial charge in [0.2, 0.25) is 5.91 Å². The molecule has 1 atom stereocenters. The lowest BCUT2D eigenvalue weighted by Crippen LogP contribution is -2.41. The number of fused-ring (bicyclic) bond motifs is 2. The summed E-state index contributed by atoms with van der Waals surface area (Å²) < 4.78 is 1.07. The maximum atomic E-state index is 13.2. The number of carbonyl (C=O) groups is 2. The van der Waals surface area contributed by atoms with E-state index in [2.05, 4.69) is 20.5 Å². The molecule has 3 heterocycles. The van der Waals surface area contributed by atoms with Crippen molar-refractivity contribution in [1.29, 1.82) is 0 Å². The summed E-state index contributed by atoms with van der Waals surface area (Å²) in [5, 5.41) is 12.1. The first-order chi connectivity index (χ1) is 15.5. The molecule has 0 unspecified atom stereocenters. The fraction of sp³-hybridized carbons (Fsp3) is 0.333. The van der Waals surface area contributed by atoms with Crippen molar-refractivity contribution in [3.8, 4) is 0 Å². The summed E-state index contributed by atoms with van der Waals surface area (Å²) in [6.45, 7) is 5.24. The third-order valence-corrected chi connectivity index (χ3v) is 6.91. The molecule has 2 N–H and O–H groups in total. The first-order valence-electron chi connectivity index (χ1n) is 10.9. The number of hydrogen-bond donors (Lipinski definition) is 2. The molecule has 1 aliphatic rings. The average Bonchev–Trinajstić information content (AvgIpc) is 3.35. The predicted octanol–water partition coefficient (Wildman–Crippen LogP) is 4.67. The van der Waals surface area contributed by atoms with Crippen LogP contribution in [0.4, 0.5) is 5.69 Å². The smallest absolute Gasteiger partial charge is 0.275 e. The van der Waals surface area contributed by atoms with Crippen molar-refractivity contribution in [3.05, 3.63) is 52.7 Å². The van der Waals surface area contributed by atoms with Gasteiger partial charge in [0.25, 0.3) is 5.91 Å². The van der Waals surface area contributed by atoms with Crippen LogP contribution in [-0.4, -0.2) is 45.0 Å². The van der Waals surface area contributed by atoms with Gasteiger partial charge in [-0.25, -0.2) is 4.98 Å². The van der Waals surface area contributed by atoms with Crippen molar-refractivity contribution in [2.45, 2.75) is 33.1 Å². The van der Waals surface area contributed by atoms with Crippen LogP contribution < -0.4 is 5.32 Å². The van der Waals surface area contributed by atoms with Crippen LogP contribution in [-0.2, 0) is 4.79 Å². The molecule has 2 amide bonds. The Morgan fingerprint density at radius 3 is 2.97 bits per heavy atom. The zero-order valence-electron chi connectivity index (χ0n) is 18.1.